The van der Waals surface area contributed by atoms with Crippen LogP contribution in [0.3, 0.4) is 0 Å². The summed E-state index contributed by atoms with van der Waals surface area (Å²) in [6.07, 6.45) is 4.38. The summed E-state index contributed by atoms with van der Waals surface area (Å²) in [4.78, 5) is 22.0. The van der Waals surface area contributed by atoms with Crippen LogP contribution in [0.1, 0.15) is 41.9 Å². The summed E-state index contributed by atoms with van der Waals surface area (Å²) in [6, 6.07) is 2.08. The van der Waals surface area contributed by atoms with Gasteiger partial charge < -0.3 is 4.90 Å². The molecule has 0 unspecified atom stereocenters. The fourth-order valence-electron chi connectivity index (χ4n) is 3.00. The first-order chi connectivity index (χ1) is 11.4. The van der Waals surface area contributed by atoms with Crippen molar-refractivity contribution in [2.75, 3.05) is 11.4 Å². The predicted molar refractivity (Wildman–Crippen MR) is 97.6 cm³/mol. The van der Waals surface area contributed by atoms with Crippen LogP contribution in [-0.4, -0.2) is 26.5 Å². The van der Waals surface area contributed by atoms with E-state index in [-0.39, 0.29) is 5.41 Å². The first kappa shape index (κ1) is 15.4. The monoisotopic (exact) mass is 339 g/mol. The van der Waals surface area contributed by atoms with E-state index in [9.17, 15) is 0 Å². The molecule has 4 rings (SSSR count). The molecule has 0 atom stereocenters. The van der Waals surface area contributed by atoms with Crippen LogP contribution in [-0.2, 0) is 18.4 Å². The van der Waals surface area contributed by atoms with E-state index in [0.717, 1.165) is 36.4 Å². The predicted octanol–water partition coefficient (Wildman–Crippen LogP) is 3.65. The molecule has 0 aromatic carbocycles. The Morgan fingerprint density at radius 3 is 2.71 bits per heavy atom. The number of aromatic nitrogens is 4. The van der Waals surface area contributed by atoms with Crippen molar-refractivity contribution in [3.63, 3.8) is 0 Å². The van der Waals surface area contributed by atoms with Crippen molar-refractivity contribution in [2.45, 2.75) is 46.1 Å². The minimum atomic E-state index is 0.111. The summed E-state index contributed by atoms with van der Waals surface area (Å²) in [7, 11) is 0. The van der Waals surface area contributed by atoms with E-state index in [2.05, 4.69) is 48.6 Å². The van der Waals surface area contributed by atoms with Gasteiger partial charge in [-0.2, -0.15) is 0 Å². The first-order valence-corrected chi connectivity index (χ1v) is 9.06. The summed E-state index contributed by atoms with van der Waals surface area (Å²) < 4.78 is 0. The zero-order valence-electron chi connectivity index (χ0n) is 14.5. The molecule has 1 aliphatic rings. The lowest BCUT2D eigenvalue weighted by atomic mass is 9.98. The van der Waals surface area contributed by atoms with Gasteiger partial charge in [0.2, 0.25) is 0 Å². The van der Waals surface area contributed by atoms with Crippen molar-refractivity contribution in [1.82, 2.24) is 19.9 Å². The van der Waals surface area contributed by atoms with Crippen LogP contribution in [0.15, 0.2) is 18.5 Å². The summed E-state index contributed by atoms with van der Waals surface area (Å²) in [5.74, 6) is 1.01. The SMILES string of the molecule is Cc1cc2nccnc2nc1N1CCc2nc(C(C)(C)C)sc2C1. The molecule has 0 aliphatic carbocycles. The van der Waals surface area contributed by atoms with Gasteiger partial charge in [0.1, 0.15) is 11.3 Å². The Morgan fingerprint density at radius 2 is 1.92 bits per heavy atom. The van der Waals surface area contributed by atoms with E-state index in [1.165, 1.54) is 15.6 Å². The average Bonchev–Trinajstić information content (AvgIpc) is 2.97. The van der Waals surface area contributed by atoms with Crippen molar-refractivity contribution < 1.29 is 0 Å². The van der Waals surface area contributed by atoms with Crippen LogP contribution in [0.2, 0.25) is 0 Å². The van der Waals surface area contributed by atoms with Gasteiger partial charge in [-0.05, 0) is 18.6 Å². The van der Waals surface area contributed by atoms with Gasteiger partial charge in [0.25, 0.3) is 0 Å². The molecule has 24 heavy (non-hydrogen) atoms. The maximum atomic E-state index is 4.87. The van der Waals surface area contributed by atoms with E-state index in [4.69, 9.17) is 9.97 Å². The highest BCUT2D eigenvalue weighted by Gasteiger charge is 2.26. The van der Waals surface area contributed by atoms with Crippen molar-refractivity contribution in [3.05, 3.63) is 39.6 Å². The summed E-state index contributed by atoms with van der Waals surface area (Å²) in [5, 5.41) is 1.23. The highest BCUT2D eigenvalue weighted by atomic mass is 32.1. The van der Waals surface area contributed by atoms with Crippen LogP contribution in [0.5, 0.6) is 0 Å². The Balaban J connectivity index is 1.69. The largest absolute Gasteiger partial charge is 0.351 e. The molecule has 3 aromatic rings. The second kappa shape index (κ2) is 5.48. The van der Waals surface area contributed by atoms with Crippen LogP contribution in [0.4, 0.5) is 5.82 Å². The quantitative estimate of drug-likeness (QED) is 0.677. The molecule has 0 spiro atoms. The Hall–Kier alpha value is -2.08. The van der Waals surface area contributed by atoms with E-state index in [1.807, 2.05) is 11.3 Å². The van der Waals surface area contributed by atoms with E-state index >= 15 is 0 Å². The lowest BCUT2D eigenvalue weighted by molar-refractivity contribution is 0.581. The third kappa shape index (κ3) is 2.65. The maximum absolute atomic E-state index is 4.87. The lowest BCUT2D eigenvalue weighted by Gasteiger charge is -2.28. The number of rotatable bonds is 1. The highest BCUT2D eigenvalue weighted by molar-refractivity contribution is 7.11. The summed E-state index contributed by atoms with van der Waals surface area (Å²) in [5.41, 5.74) is 4.08. The summed E-state index contributed by atoms with van der Waals surface area (Å²) in [6.45, 7) is 10.6. The lowest BCUT2D eigenvalue weighted by Crippen LogP contribution is -2.31. The second-order valence-electron chi connectivity index (χ2n) is 7.34. The number of anilines is 1. The van der Waals surface area contributed by atoms with Gasteiger partial charge in [-0.25, -0.2) is 15.0 Å². The molecule has 0 saturated heterocycles. The molecule has 124 valence electrons. The topological polar surface area (TPSA) is 54.8 Å². The fourth-order valence-corrected chi connectivity index (χ4v) is 4.19. The van der Waals surface area contributed by atoms with Crippen molar-refractivity contribution in [1.29, 1.82) is 0 Å². The Labute approximate surface area is 145 Å². The second-order valence-corrected chi connectivity index (χ2v) is 8.42. The smallest absolute Gasteiger partial charge is 0.180 e. The van der Waals surface area contributed by atoms with Gasteiger partial charge in [-0.3, -0.25) is 4.98 Å². The van der Waals surface area contributed by atoms with Crippen molar-refractivity contribution >= 4 is 28.3 Å². The van der Waals surface area contributed by atoms with Gasteiger partial charge in [-0.15, -0.1) is 11.3 Å². The molecule has 3 aromatic heterocycles. The van der Waals surface area contributed by atoms with Gasteiger partial charge in [-0.1, -0.05) is 20.8 Å². The molecule has 4 heterocycles. The molecule has 0 bridgehead atoms. The molecule has 0 radical (unpaired) electrons. The zero-order valence-corrected chi connectivity index (χ0v) is 15.3. The molecule has 0 N–H and O–H groups in total. The van der Waals surface area contributed by atoms with Crippen LogP contribution in [0.25, 0.3) is 11.2 Å². The number of fused-ring (bicyclic) bond motifs is 2. The molecule has 6 heteroatoms. The molecule has 1 aliphatic heterocycles. The third-order valence-corrected chi connectivity index (χ3v) is 5.80. The van der Waals surface area contributed by atoms with Crippen molar-refractivity contribution in [3.8, 4) is 0 Å². The third-order valence-electron chi connectivity index (χ3n) is 4.30. The molecular formula is C18H21N5S. The molecule has 0 saturated carbocycles. The summed E-state index contributed by atoms with van der Waals surface area (Å²) >= 11 is 1.84. The number of hydrogen-bond donors (Lipinski definition) is 0. The minimum Gasteiger partial charge on any atom is -0.351 e. The van der Waals surface area contributed by atoms with Gasteiger partial charge in [0, 0.05) is 35.7 Å². The maximum Gasteiger partial charge on any atom is 0.180 e. The molecule has 5 nitrogen and oxygen atoms in total. The highest BCUT2D eigenvalue weighted by Crippen LogP contribution is 2.34. The Morgan fingerprint density at radius 1 is 1.12 bits per heavy atom. The van der Waals surface area contributed by atoms with Gasteiger partial charge in [0.05, 0.1) is 17.2 Å². The molecular weight excluding hydrogens is 318 g/mol. The van der Waals surface area contributed by atoms with Gasteiger partial charge in [0.15, 0.2) is 5.65 Å². The Kier molecular flexibility index (Phi) is 3.53. The number of hydrogen-bond acceptors (Lipinski definition) is 6. The van der Waals surface area contributed by atoms with Crippen LogP contribution < -0.4 is 4.90 Å². The Bertz CT molecular complexity index is 909. The number of thiazole rings is 1. The number of nitrogens with zero attached hydrogens (tertiary/aromatic N) is 5. The van der Waals surface area contributed by atoms with Crippen molar-refractivity contribution in [2.24, 2.45) is 0 Å². The van der Waals surface area contributed by atoms with Crippen LogP contribution >= 0.6 is 11.3 Å². The van der Waals surface area contributed by atoms with E-state index < -0.39 is 0 Å². The fraction of sp³-hybridized carbons (Fsp3) is 0.444. The molecule has 0 fully saturated rings. The number of pyridine rings is 1. The standard InChI is InChI=1S/C18H21N5S/c1-11-9-13-15(20-7-6-19-13)22-16(11)23-8-5-12-14(10-23)24-17(21-12)18(2,3)4/h6-7,9H,5,8,10H2,1-4H3. The van der Waals surface area contributed by atoms with Gasteiger partial charge >= 0.3 is 0 Å². The number of aryl methyl sites for hydroxylation is 1. The van der Waals surface area contributed by atoms with E-state index in [1.54, 1.807) is 12.4 Å². The average molecular weight is 339 g/mol. The van der Waals surface area contributed by atoms with Crippen LogP contribution in [0, 0.1) is 6.92 Å². The normalized spacial score (nSPS) is 14.9. The molecule has 0 amide bonds. The first-order valence-electron chi connectivity index (χ1n) is 8.24. The minimum absolute atomic E-state index is 0.111. The zero-order chi connectivity index (χ0) is 16.9. The van der Waals surface area contributed by atoms with E-state index in [0.29, 0.717) is 5.65 Å².